The third-order valence-electron chi connectivity index (χ3n) is 2.61. The molecule has 0 atom stereocenters. The molecule has 0 aliphatic heterocycles. The van der Waals surface area contributed by atoms with E-state index in [9.17, 15) is 0 Å². The van der Waals surface area contributed by atoms with Crippen LogP contribution in [0.25, 0.3) is 0 Å². The van der Waals surface area contributed by atoms with Gasteiger partial charge in [0.25, 0.3) is 0 Å². The van der Waals surface area contributed by atoms with E-state index in [0.717, 1.165) is 6.42 Å². The Balaban J connectivity index is 2.61. The minimum absolute atomic E-state index is 0.101. The quantitative estimate of drug-likeness (QED) is 0.583. The zero-order chi connectivity index (χ0) is 7.61. The van der Waals surface area contributed by atoms with Crippen LogP contribution in [0.3, 0.4) is 0 Å². The summed E-state index contributed by atoms with van der Waals surface area (Å²) in [6.07, 6.45) is 7.00. The van der Waals surface area contributed by atoms with Gasteiger partial charge in [-0.1, -0.05) is 18.6 Å². The van der Waals surface area contributed by atoms with Gasteiger partial charge in [0.05, 0.1) is 0 Å². The summed E-state index contributed by atoms with van der Waals surface area (Å²) >= 11 is 0. The molecule has 1 aliphatic rings. The number of nitrogens with two attached hydrogens (primary N) is 1. The van der Waals surface area contributed by atoms with Crippen molar-refractivity contribution in [1.29, 1.82) is 0 Å². The first-order chi connectivity index (χ1) is 4.73. The largest absolute Gasteiger partial charge is 0.322 e. The predicted molar refractivity (Wildman–Crippen MR) is 44.8 cm³/mol. The Kier molecular flexibility index (Phi) is 2.14. The van der Waals surface area contributed by atoms with Gasteiger partial charge in [0.1, 0.15) is 0 Å². The molecule has 0 spiro atoms. The van der Waals surface area contributed by atoms with Crippen molar-refractivity contribution in [3.05, 3.63) is 11.6 Å². The van der Waals surface area contributed by atoms with Crippen molar-refractivity contribution in [2.45, 2.75) is 45.1 Å². The fraction of sp³-hybridized carbons (Fsp3) is 0.778. The first-order valence-electron chi connectivity index (χ1n) is 4.17. The van der Waals surface area contributed by atoms with E-state index in [0.29, 0.717) is 0 Å². The maximum absolute atomic E-state index is 6.10. The molecule has 0 aromatic carbocycles. The Morgan fingerprint density at radius 3 is 2.30 bits per heavy atom. The Bertz CT molecular complexity index is 143. The van der Waals surface area contributed by atoms with Gasteiger partial charge < -0.3 is 5.73 Å². The van der Waals surface area contributed by atoms with Crippen LogP contribution < -0.4 is 5.73 Å². The van der Waals surface area contributed by atoms with Crippen LogP contribution in [0.2, 0.25) is 0 Å². The van der Waals surface area contributed by atoms with Crippen LogP contribution in [-0.2, 0) is 0 Å². The highest BCUT2D eigenvalue weighted by molar-refractivity contribution is 5.21. The molecule has 2 N–H and O–H groups in total. The van der Waals surface area contributed by atoms with E-state index in [2.05, 4.69) is 19.9 Å². The van der Waals surface area contributed by atoms with Gasteiger partial charge in [0.2, 0.25) is 0 Å². The predicted octanol–water partition coefficient (Wildman–Crippen LogP) is 2.22. The average Bonchev–Trinajstić information content (AvgIpc) is 1.87. The Labute approximate surface area is 63.3 Å². The van der Waals surface area contributed by atoms with Crippen LogP contribution in [0.5, 0.6) is 0 Å². The summed E-state index contributed by atoms with van der Waals surface area (Å²) in [5.74, 6) is 0. The lowest BCUT2D eigenvalue weighted by Crippen LogP contribution is -2.48. The van der Waals surface area contributed by atoms with Crippen LogP contribution in [0, 0.1) is 0 Å². The molecule has 1 aliphatic carbocycles. The van der Waals surface area contributed by atoms with Crippen molar-refractivity contribution in [1.82, 2.24) is 0 Å². The topological polar surface area (TPSA) is 26.0 Å². The Morgan fingerprint density at radius 1 is 1.60 bits per heavy atom. The van der Waals surface area contributed by atoms with Crippen LogP contribution in [0.4, 0.5) is 0 Å². The highest BCUT2D eigenvalue weighted by Crippen LogP contribution is 2.36. The van der Waals surface area contributed by atoms with Crippen molar-refractivity contribution in [3.63, 3.8) is 0 Å². The first-order valence-corrected chi connectivity index (χ1v) is 4.17. The molecule has 0 aromatic heterocycles. The molecular formula is C9H17N. The van der Waals surface area contributed by atoms with Gasteiger partial charge in [-0.3, -0.25) is 0 Å². The molecule has 0 aromatic rings. The van der Waals surface area contributed by atoms with Crippen LogP contribution in [0.1, 0.15) is 39.5 Å². The van der Waals surface area contributed by atoms with Crippen molar-refractivity contribution in [2.75, 3.05) is 0 Å². The van der Waals surface area contributed by atoms with Crippen LogP contribution in [-0.4, -0.2) is 5.54 Å². The SMILES string of the molecule is C/C=C(\CC)C1(N)CCC1. The second-order valence-corrected chi connectivity index (χ2v) is 3.18. The summed E-state index contributed by atoms with van der Waals surface area (Å²) in [6.45, 7) is 4.27. The van der Waals surface area contributed by atoms with E-state index in [4.69, 9.17) is 5.73 Å². The molecule has 0 radical (unpaired) electrons. The standard InChI is InChI=1S/C9H17N/c1-3-8(4-2)9(10)6-5-7-9/h3H,4-7,10H2,1-2H3/b8-3+. The molecule has 1 nitrogen and oxygen atoms in total. The van der Waals surface area contributed by atoms with Crippen LogP contribution >= 0.6 is 0 Å². The van der Waals surface area contributed by atoms with Gasteiger partial charge in [-0.25, -0.2) is 0 Å². The van der Waals surface area contributed by atoms with Crippen molar-refractivity contribution >= 4 is 0 Å². The second-order valence-electron chi connectivity index (χ2n) is 3.18. The van der Waals surface area contributed by atoms with E-state index in [1.165, 1.54) is 24.8 Å². The van der Waals surface area contributed by atoms with Gasteiger partial charge >= 0.3 is 0 Å². The lowest BCUT2D eigenvalue weighted by atomic mass is 9.71. The first kappa shape index (κ1) is 7.80. The summed E-state index contributed by atoms with van der Waals surface area (Å²) in [7, 11) is 0. The minimum Gasteiger partial charge on any atom is -0.322 e. The van der Waals surface area contributed by atoms with Gasteiger partial charge in [-0.05, 0) is 32.6 Å². The minimum atomic E-state index is 0.101. The summed E-state index contributed by atoms with van der Waals surface area (Å²) < 4.78 is 0. The summed E-state index contributed by atoms with van der Waals surface area (Å²) in [5, 5.41) is 0. The molecule has 0 bridgehead atoms. The van der Waals surface area contributed by atoms with Crippen molar-refractivity contribution in [3.8, 4) is 0 Å². The number of hydrogen-bond donors (Lipinski definition) is 1. The molecule has 0 heterocycles. The Hall–Kier alpha value is -0.300. The second kappa shape index (κ2) is 2.75. The summed E-state index contributed by atoms with van der Waals surface area (Å²) in [5.41, 5.74) is 7.64. The molecule has 1 fully saturated rings. The average molecular weight is 139 g/mol. The maximum Gasteiger partial charge on any atom is 0.0368 e. The summed E-state index contributed by atoms with van der Waals surface area (Å²) in [4.78, 5) is 0. The van der Waals surface area contributed by atoms with E-state index >= 15 is 0 Å². The third-order valence-corrected chi connectivity index (χ3v) is 2.61. The van der Waals surface area contributed by atoms with Crippen molar-refractivity contribution < 1.29 is 0 Å². The summed E-state index contributed by atoms with van der Waals surface area (Å²) in [6, 6.07) is 0. The number of allylic oxidation sites excluding steroid dienone is 1. The fourth-order valence-electron chi connectivity index (χ4n) is 1.72. The normalized spacial score (nSPS) is 24.1. The number of hydrogen-bond acceptors (Lipinski definition) is 1. The molecule has 10 heavy (non-hydrogen) atoms. The smallest absolute Gasteiger partial charge is 0.0368 e. The van der Waals surface area contributed by atoms with Gasteiger partial charge in [-0.2, -0.15) is 0 Å². The van der Waals surface area contributed by atoms with Gasteiger partial charge in [-0.15, -0.1) is 0 Å². The molecule has 1 heteroatoms. The zero-order valence-electron chi connectivity index (χ0n) is 6.98. The molecule has 0 unspecified atom stereocenters. The van der Waals surface area contributed by atoms with E-state index in [-0.39, 0.29) is 5.54 Å². The monoisotopic (exact) mass is 139 g/mol. The molecule has 58 valence electrons. The van der Waals surface area contributed by atoms with Gasteiger partial charge in [0.15, 0.2) is 0 Å². The molecular weight excluding hydrogens is 122 g/mol. The highest BCUT2D eigenvalue weighted by Gasteiger charge is 2.34. The van der Waals surface area contributed by atoms with Gasteiger partial charge in [0, 0.05) is 5.54 Å². The molecule has 1 saturated carbocycles. The molecule has 0 amide bonds. The molecule has 0 saturated heterocycles. The number of rotatable bonds is 2. The molecule has 1 rings (SSSR count). The Morgan fingerprint density at radius 2 is 2.20 bits per heavy atom. The van der Waals surface area contributed by atoms with Crippen molar-refractivity contribution in [2.24, 2.45) is 5.73 Å². The lowest BCUT2D eigenvalue weighted by Gasteiger charge is -2.40. The van der Waals surface area contributed by atoms with E-state index in [1.807, 2.05) is 0 Å². The lowest BCUT2D eigenvalue weighted by molar-refractivity contribution is 0.292. The third kappa shape index (κ3) is 1.10. The zero-order valence-corrected chi connectivity index (χ0v) is 6.98. The van der Waals surface area contributed by atoms with E-state index < -0.39 is 0 Å². The maximum atomic E-state index is 6.10. The van der Waals surface area contributed by atoms with Crippen LogP contribution in [0.15, 0.2) is 11.6 Å². The highest BCUT2D eigenvalue weighted by atomic mass is 14.8. The van der Waals surface area contributed by atoms with E-state index in [1.54, 1.807) is 0 Å². The fourth-order valence-corrected chi connectivity index (χ4v) is 1.72.